The predicted molar refractivity (Wildman–Crippen MR) is 78.0 cm³/mol. The van der Waals surface area contributed by atoms with Crippen molar-refractivity contribution >= 4 is 23.4 Å². The van der Waals surface area contributed by atoms with E-state index in [4.69, 9.17) is 11.6 Å². The normalized spacial score (nSPS) is 12.4. The van der Waals surface area contributed by atoms with E-state index in [1.54, 1.807) is 13.0 Å². The van der Waals surface area contributed by atoms with E-state index in [0.29, 0.717) is 16.3 Å². The summed E-state index contributed by atoms with van der Waals surface area (Å²) < 4.78 is 13.7. The first-order valence-corrected chi connectivity index (χ1v) is 7.28. The molecule has 2 rings (SSSR count). The molecule has 1 atom stereocenters. The van der Waals surface area contributed by atoms with E-state index in [9.17, 15) is 9.50 Å². The first-order valence-electron chi connectivity index (χ1n) is 5.92. The summed E-state index contributed by atoms with van der Waals surface area (Å²) in [6, 6.07) is 12.4. The smallest absolute Gasteiger partial charge is 0.130 e. The molecule has 19 heavy (non-hydrogen) atoms. The van der Waals surface area contributed by atoms with Crippen LogP contribution in [0.15, 0.2) is 47.4 Å². The molecule has 0 aromatic heterocycles. The third-order valence-electron chi connectivity index (χ3n) is 2.77. The average molecular weight is 297 g/mol. The number of hydrogen-bond acceptors (Lipinski definition) is 2. The second-order valence-electron chi connectivity index (χ2n) is 4.21. The van der Waals surface area contributed by atoms with Crippen molar-refractivity contribution in [3.63, 3.8) is 0 Å². The van der Waals surface area contributed by atoms with Crippen LogP contribution in [0.4, 0.5) is 4.39 Å². The maximum absolute atomic E-state index is 13.7. The Balaban J connectivity index is 2.21. The van der Waals surface area contributed by atoms with Crippen LogP contribution in [-0.2, 0) is 5.75 Å². The van der Waals surface area contributed by atoms with E-state index in [1.165, 1.54) is 17.8 Å². The van der Waals surface area contributed by atoms with E-state index in [1.807, 2.05) is 30.3 Å². The van der Waals surface area contributed by atoms with Crippen LogP contribution in [0.5, 0.6) is 0 Å². The fraction of sp³-hybridized carbons (Fsp3) is 0.200. The first kappa shape index (κ1) is 14.4. The number of benzene rings is 2. The third-order valence-corrected chi connectivity index (χ3v) is 4.26. The largest absolute Gasteiger partial charge is 0.389 e. The minimum Gasteiger partial charge on any atom is -0.389 e. The maximum atomic E-state index is 13.7. The molecule has 0 heterocycles. The van der Waals surface area contributed by atoms with Gasteiger partial charge in [0, 0.05) is 21.2 Å². The quantitative estimate of drug-likeness (QED) is 0.816. The number of aliphatic hydroxyl groups is 1. The van der Waals surface area contributed by atoms with Gasteiger partial charge in [0.25, 0.3) is 0 Å². The summed E-state index contributed by atoms with van der Waals surface area (Å²) in [7, 11) is 0. The molecule has 0 spiro atoms. The van der Waals surface area contributed by atoms with Crippen LogP contribution in [-0.4, -0.2) is 5.11 Å². The van der Waals surface area contributed by atoms with Gasteiger partial charge in [-0.05, 0) is 30.7 Å². The zero-order chi connectivity index (χ0) is 13.8. The molecule has 2 aromatic carbocycles. The van der Waals surface area contributed by atoms with E-state index in [-0.39, 0.29) is 5.82 Å². The second-order valence-corrected chi connectivity index (χ2v) is 5.63. The molecule has 0 saturated heterocycles. The Hall–Kier alpha value is -1.03. The lowest BCUT2D eigenvalue weighted by atomic mass is 10.1. The molecule has 2 aromatic rings. The third kappa shape index (κ3) is 3.50. The minimum atomic E-state index is -0.824. The lowest BCUT2D eigenvalue weighted by molar-refractivity contribution is 0.191. The molecule has 0 unspecified atom stereocenters. The number of halogens is 2. The highest BCUT2D eigenvalue weighted by atomic mass is 35.5. The molecule has 0 aliphatic rings. The van der Waals surface area contributed by atoms with Crippen molar-refractivity contribution < 1.29 is 9.50 Å². The van der Waals surface area contributed by atoms with Crippen LogP contribution in [0, 0.1) is 5.82 Å². The van der Waals surface area contributed by atoms with E-state index >= 15 is 0 Å². The molecule has 0 aliphatic heterocycles. The van der Waals surface area contributed by atoms with Crippen LogP contribution < -0.4 is 0 Å². The van der Waals surface area contributed by atoms with Gasteiger partial charge in [-0.1, -0.05) is 35.9 Å². The molecular formula is C15H14ClFOS. The van der Waals surface area contributed by atoms with Crippen molar-refractivity contribution in [2.75, 3.05) is 0 Å². The minimum absolute atomic E-state index is 0.347. The molecule has 0 bridgehead atoms. The number of aliphatic hydroxyl groups excluding tert-OH is 1. The van der Waals surface area contributed by atoms with Gasteiger partial charge in [-0.25, -0.2) is 4.39 Å². The zero-order valence-corrected chi connectivity index (χ0v) is 12.0. The van der Waals surface area contributed by atoms with Crippen molar-refractivity contribution in [3.8, 4) is 0 Å². The molecule has 1 nitrogen and oxygen atoms in total. The molecule has 0 radical (unpaired) electrons. The van der Waals surface area contributed by atoms with Crippen molar-refractivity contribution in [3.05, 3.63) is 64.4 Å². The summed E-state index contributed by atoms with van der Waals surface area (Å²) >= 11 is 7.56. The standard InChI is InChI=1S/C15H14ClFOS/c1-10(18)15-13(17)7-4-8-14(15)19-9-11-5-2-3-6-12(11)16/h2-8,10,18H,9H2,1H3/t10-/m0/s1. The summed E-state index contributed by atoms with van der Waals surface area (Å²) in [6.07, 6.45) is -0.824. The molecule has 0 fully saturated rings. The Morgan fingerprint density at radius 3 is 2.63 bits per heavy atom. The van der Waals surface area contributed by atoms with Gasteiger partial charge in [0.1, 0.15) is 5.82 Å². The lowest BCUT2D eigenvalue weighted by Crippen LogP contribution is -1.98. The van der Waals surface area contributed by atoms with E-state index < -0.39 is 6.10 Å². The van der Waals surface area contributed by atoms with Crippen LogP contribution in [0.2, 0.25) is 5.02 Å². The monoisotopic (exact) mass is 296 g/mol. The van der Waals surface area contributed by atoms with Crippen molar-refractivity contribution in [1.82, 2.24) is 0 Å². The summed E-state index contributed by atoms with van der Waals surface area (Å²) in [5, 5.41) is 10.4. The highest BCUT2D eigenvalue weighted by Gasteiger charge is 2.14. The number of thioether (sulfide) groups is 1. The van der Waals surface area contributed by atoms with Gasteiger partial charge in [0.05, 0.1) is 6.10 Å². The second kappa shape index (κ2) is 6.42. The number of rotatable bonds is 4. The Morgan fingerprint density at radius 2 is 1.95 bits per heavy atom. The molecule has 0 amide bonds. The Kier molecular flexibility index (Phi) is 4.86. The molecule has 0 saturated carbocycles. The van der Waals surface area contributed by atoms with Crippen LogP contribution >= 0.6 is 23.4 Å². The molecule has 100 valence electrons. The van der Waals surface area contributed by atoms with Gasteiger partial charge in [-0.2, -0.15) is 0 Å². The zero-order valence-electron chi connectivity index (χ0n) is 10.4. The van der Waals surface area contributed by atoms with Gasteiger partial charge in [-0.15, -0.1) is 11.8 Å². The number of hydrogen-bond donors (Lipinski definition) is 1. The molecule has 4 heteroatoms. The highest BCUT2D eigenvalue weighted by Crippen LogP contribution is 2.33. The molecule has 0 aliphatic carbocycles. The van der Waals surface area contributed by atoms with Crippen molar-refractivity contribution in [2.24, 2.45) is 0 Å². The summed E-state index contributed by atoms with van der Waals surface area (Å²) in [5.74, 6) is 0.266. The Labute approximate surface area is 121 Å². The van der Waals surface area contributed by atoms with Gasteiger partial charge in [-0.3, -0.25) is 0 Å². The van der Waals surface area contributed by atoms with Gasteiger partial charge in [0.15, 0.2) is 0 Å². The first-order chi connectivity index (χ1) is 9.09. The summed E-state index contributed by atoms with van der Waals surface area (Å²) in [6.45, 7) is 1.57. The van der Waals surface area contributed by atoms with Crippen LogP contribution in [0.25, 0.3) is 0 Å². The van der Waals surface area contributed by atoms with Crippen molar-refractivity contribution in [2.45, 2.75) is 23.7 Å². The van der Waals surface area contributed by atoms with Crippen LogP contribution in [0.3, 0.4) is 0 Å². The van der Waals surface area contributed by atoms with Gasteiger partial charge >= 0.3 is 0 Å². The predicted octanol–water partition coefficient (Wildman–Crippen LogP) is 4.82. The summed E-state index contributed by atoms with van der Waals surface area (Å²) in [4.78, 5) is 0.745. The summed E-state index contributed by atoms with van der Waals surface area (Å²) in [5.41, 5.74) is 1.34. The lowest BCUT2D eigenvalue weighted by Gasteiger charge is -2.13. The van der Waals surface area contributed by atoms with Crippen LogP contribution in [0.1, 0.15) is 24.2 Å². The molecular weight excluding hydrogens is 283 g/mol. The van der Waals surface area contributed by atoms with E-state index in [0.717, 1.165) is 10.5 Å². The average Bonchev–Trinajstić information content (AvgIpc) is 2.37. The Bertz CT molecular complexity index is 572. The maximum Gasteiger partial charge on any atom is 0.130 e. The van der Waals surface area contributed by atoms with Gasteiger partial charge < -0.3 is 5.11 Å². The van der Waals surface area contributed by atoms with Gasteiger partial charge in [0.2, 0.25) is 0 Å². The fourth-order valence-corrected chi connectivity index (χ4v) is 3.26. The molecule has 1 N–H and O–H groups in total. The topological polar surface area (TPSA) is 20.2 Å². The van der Waals surface area contributed by atoms with E-state index in [2.05, 4.69) is 0 Å². The Morgan fingerprint density at radius 1 is 1.21 bits per heavy atom. The van der Waals surface area contributed by atoms with Crippen molar-refractivity contribution in [1.29, 1.82) is 0 Å². The fourth-order valence-electron chi connectivity index (χ4n) is 1.82. The highest BCUT2D eigenvalue weighted by molar-refractivity contribution is 7.98. The SMILES string of the molecule is C[C@H](O)c1c(F)cccc1SCc1ccccc1Cl.